The van der Waals surface area contributed by atoms with Crippen LogP contribution in [0.2, 0.25) is 0 Å². The van der Waals surface area contributed by atoms with Gasteiger partial charge >= 0.3 is 5.69 Å². The quantitative estimate of drug-likeness (QED) is 0.279. The van der Waals surface area contributed by atoms with Gasteiger partial charge in [0.25, 0.3) is 0 Å². The van der Waals surface area contributed by atoms with E-state index >= 15 is 0 Å². The zero-order chi connectivity index (χ0) is 28.8. The van der Waals surface area contributed by atoms with E-state index in [0.717, 1.165) is 16.7 Å². The fourth-order valence-corrected chi connectivity index (χ4v) is 6.17. The molecule has 10 nitrogen and oxygen atoms in total. The second-order valence-corrected chi connectivity index (χ2v) is 10.3. The Hall–Kier alpha value is -4.22. The fraction of sp³-hybridized carbons (Fsp3) is 0.290. The number of benzene rings is 3. The normalized spacial score (nSPS) is 24.2. The summed E-state index contributed by atoms with van der Waals surface area (Å²) in [6.07, 6.45) is -3.22. The van der Waals surface area contributed by atoms with Crippen molar-refractivity contribution in [3.63, 3.8) is 0 Å². The van der Waals surface area contributed by atoms with Crippen molar-refractivity contribution in [3.8, 4) is 11.5 Å². The molecule has 1 aromatic heterocycles. The van der Waals surface area contributed by atoms with Gasteiger partial charge in [-0.1, -0.05) is 54.6 Å². The van der Waals surface area contributed by atoms with Crippen LogP contribution in [0.5, 0.6) is 11.5 Å². The van der Waals surface area contributed by atoms with Crippen LogP contribution in [-0.2, 0) is 14.9 Å². The summed E-state index contributed by atoms with van der Waals surface area (Å²) in [6.45, 7) is -0.00949. The highest BCUT2D eigenvalue weighted by molar-refractivity contribution is 5.55. The zero-order valence-electron chi connectivity index (χ0n) is 22.6. The second-order valence-electron chi connectivity index (χ2n) is 10.3. The van der Waals surface area contributed by atoms with Crippen molar-refractivity contribution in [3.05, 3.63) is 118 Å². The molecule has 4 aromatic rings. The molecule has 212 valence electrons. The molecule has 0 saturated carbocycles. The van der Waals surface area contributed by atoms with E-state index in [2.05, 4.69) is 4.98 Å². The molecule has 6 rings (SSSR count). The molecule has 3 heterocycles. The standard InChI is InChI=1S/C31H31N3O7/c1-38-22-12-8-20(9-13-22)31(19-6-4-3-5-7-19,21-10-14-23(39-2)15-11-21)28(36)30-18-40-26(30)25(35)27(41-30)34-17-16-24(32)33-29(34)37/h3-17,25-28,35-36H,18H2,1-2H3,(H2,32,33,37)/t25-,26+,27-,28?,30+/m1/s1. The van der Waals surface area contributed by atoms with Gasteiger partial charge in [0, 0.05) is 6.20 Å². The molecule has 0 amide bonds. The minimum absolute atomic E-state index is 0.00949. The highest BCUT2D eigenvalue weighted by atomic mass is 16.7. The first-order valence-electron chi connectivity index (χ1n) is 13.2. The third-order valence-corrected chi connectivity index (χ3v) is 8.23. The van der Waals surface area contributed by atoms with Crippen molar-refractivity contribution in [2.24, 2.45) is 0 Å². The topological polar surface area (TPSA) is 138 Å². The number of ether oxygens (including phenoxy) is 4. The summed E-state index contributed by atoms with van der Waals surface area (Å²) in [7, 11) is 3.18. The number of hydrogen-bond acceptors (Lipinski definition) is 9. The van der Waals surface area contributed by atoms with Crippen LogP contribution < -0.4 is 20.9 Å². The van der Waals surface area contributed by atoms with Gasteiger partial charge in [-0.2, -0.15) is 4.98 Å². The third-order valence-electron chi connectivity index (χ3n) is 8.23. The maximum Gasteiger partial charge on any atom is 0.351 e. The van der Waals surface area contributed by atoms with E-state index < -0.39 is 41.2 Å². The van der Waals surface area contributed by atoms with Crippen LogP contribution in [-0.4, -0.2) is 64.5 Å². The van der Waals surface area contributed by atoms with E-state index in [1.54, 1.807) is 14.2 Å². The van der Waals surface area contributed by atoms with Crippen molar-refractivity contribution >= 4 is 5.82 Å². The maximum atomic E-state index is 12.7. The first-order chi connectivity index (χ1) is 19.8. The highest BCUT2D eigenvalue weighted by Crippen LogP contribution is 2.55. The molecule has 1 unspecified atom stereocenters. The molecule has 2 aliphatic heterocycles. The lowest BCUT2D eigenvalue weighted by atomic mass is 9.60. The van der Waals surface area contributed by atoms with Crippen molar-refractivity contribution in [1.29, 1.82) is 0 Å². The number of nitrogen functional groups attached to an aromatic ring is 1. The summed E-state index contributed by atoms with van der Waals surface area (Å²) in [5.74, 6) is 1.37. The Labute approximate surface area is 236 Å². The van der Waals surface area contributed by atoms with Gasteiger partial charge in [0.2, 0.25) is 0 Å². The molecule has 10 heteroatoms. The predicted molar refractivity (Wildman–Crippen MR) is 150 cm³/mol. The van der Waals surface area contributed by atoms with Gasteiger partial charge in [0.05, 0.1) is 26.2 Å². The average Bonchev–Trinajstić information content (AvgIpc) is 3.18. The Morgan fingerprint density at radius 3 is 2.00 bits per heavy atom. The van der Waals surface area contributed by atoms with Crippen LogP contribution >= 0.6 is 0 Å². The second kappa shape index (κ2) is 10.3. The Balaban J connectivity index is 1.56. The number of aliphatic hydroxyl groups is 2. The van der Waals surface area contributed by atoms with Gasteiger partial charge in [-0.25, -0.2) is 4.79 Å². The Morgan fingerprint density at radius 1 is 0.951 bits per heavy atom. The van der Waals surface area contributed by atoms with Gasteiger partial charge in [-0.15, -0.1) is 0 Å². The molecular formula is C31H31N3O7. The average molecular weight is 558 g/mol. The summed E-state index contributed by atoms with van der Waals surface area (Å²) in [5, 5.41) is 24.1. The van der Waals surface area contributed by atoms with E-state index in [-0.39, 0.29) is 12.4 Å². The summed E-state index contributed by atoms with van der Waals surface area (Å²) in [4.78, 5) is 16.5. The van der Waals surface area contributed by atoms with Crippen molar-refractivity contribution in [2.45, 2.75) is 35.6 Å². The number of anilines is 1. The van der Waals surface area contributed by atoms with Gasteiger partial charge in [0.1, 0.15) is 35.6 Å². The molecule has 0 radical (unpaired) electrons. The molecule has 41 heavy (non-hydrogen) atoms. The molecule has 2 aliphatic rings. The fourth-order valence-electron chi connectivity index (χ4n) is 6.17. The number of methoxy groups -OCH3 is 2. The zero-order valence-corrected chi connectivity index (χ0v) is 22.6. The number of rotatable bonds is 8. The third kappa shape index (κ3) is 4.10. The van der Waals surface area contributed by atoms with E-state index in [0.29, 0.717) is 11.5 Å². The number of fused-ring (bicyclic) bond motifs is 1. The highest BCUT2D eigenvalue weighted by Gasteiger charge is 2.70. The minimum Gasteiger partial charge on any atom is -0.497 e. The molecular weight excluding hydrogens is 526 g/mol. The molecule has 0 aliphatic carbocycles. The first-order valence-corrected chi connectivity index (χ1v) is 13.2. The van der Waals surface area contributed by atoms with Crippen LogP contribution in [0.15, 0.2) is 95.9 Å². The molecule has 4 N–H and O–H groups in total. The Morgan fingerprint density at radius 2 is 1.51 bits per heavy atom. The van der Waals surface area contributed by atoms with E-state index in [4.69, 9.17) is 24.7 Å². The predicted octanol–water partition coefficient (Wildman–Crippen LogP) is 2.27. The Kier molecular flexibility index (Phi) is 6.79. The van der Waals surface area contributed by atoms with E-state index in [1.807, 2.05) is 78.9 Å². The molecule has 2 fully saturated rings. The lowest BCUT2D eigenvalue weighted by molar-refractivity contribution is -0.278. The largest absolute Gasteiger partial charge is 0.497 e. The smallest absolute Gasteiger partial charge is 0.351 e. The van der Waals surface area contributed by atoms with Gasteiger partial charge in [-0.3, -0.25) is 4.57 Å². The summed E-state index contributed by atoms with van der Waals surface area (Å²) >= 11 is 0. The molecule has 0 spiro atoms. The minimum atomic E-state index is -1.39. The summed E-state index contributed by atoms with van der Waals surface area (Å²) < 4.78 is 24.4. The number of hydrogen-bond donors (Lipinski definition) is 3. The lowest BCUT2D eigenvalue weighted by Gasteiger charge is -2.53. The Bertz CT molecular complexity index is 1530. The number of nitrogens with zero attached hydrogens (tertiary/aromatic N) is 2. The van der Waals surface area contributed by atoms with Gasteiger partial charge in [0.15, 0.2) is 11.8 Å². The van der Waals surface area contributed by atoms with E-state index in [9.17, 15) is 15.0 Å². The van der Waals surface area contributed by atoms with Crippen LogP contribution in [0.25, 0.3) is 0 Å². The van der Waals surface area contributed by atoms with Gasteiger partial charge < -0.3 is 34.9 Å². The van der Waals surface area contributed by atoms with Crippen LogP contribution in [0.3, 0.4) is 0 Å². The van der Waals surface area contributed by atoms with Crippen molar-refractivity contribution < 1.29 is 29.2 Å². The lowest BCUT2D eigenvalue weighted by Crippen LogP contribution is -2.70. The summed E-state index contributed by atoms with van der Waals surface area (Å²) in [5.41, 5.74) is 4.71. The monoisotopic (exact) mass is 557 g/mol. The number of aromatic nitrogens is 2. The van der Waals surface area contributed by atoms with Crippen molar-refractivity contribution in [1.82, 2.24) is 9.55 Å². The molecule has 2 saturated heterocycles. The maximum absolute atomic E-state index is 12.7. The molecule has 0 bridgehead atoms. The SMILES string of the molecule is COc1ccc(C(c2ccccc2)(c2ccc(OC)cc2)C(O)[C@]23CO[C@H]2[C@@H](O)[C@H](n2ccc(N)nc2=O)O3)cc1. The number of nitrogens with two attached hydrogens (primary N) is 1. The van der Waals surface area contributed by atoms with E-state index in [1.165, 1.54) is 16.8 Å². The molecule has 3 aromatic carbocycles. The van der Waals surface area contributed by atoms with Crippen LogP contribution in [0.1, 0.15) is 22.9 Å². The van der Waals surface area contributed by atoms with Crippen LogP contribution in [0, 0.1) is 0 Å². The van der Waals surface area contributed by atoms with Gasteiger partial charge in [-0.05, 0) is 47.0 Å². The first kappa shape index (κ1) is 27.0. The summed E-state index contributed by atoms with van der Waals surface area (Å²) in [6, 6.07) is 26.0. The van der Waals surface area contributed by atoms with Crippen molar-refractivity contribution in [2.75, 3.05) is 26.6 Å². The number of aliphatic hydroxyl groups excluding tert-OH is 2. The van der Waals surface area contributed by atoms with Crippen LogP contribution in [0.4, 0.5) is 5.82 Å². The molecule has 5 atom stereocenters.